The topological polar surface area (TPSA) is 99.3 Å². The molecule has 1 N–H and O–H groups in total. The van der Waals surface area contributed by atoms with Gasteiger partial charge in [-0.15, -0.1) is 0 Å². The lowest BCUT2D eigenvalue weighted by molar-refractivity contribution is -0.384. The fourth-order valence-corrected chi connectivity index (χ4v) is 3.52. The van der Waals surface area contributed by atoms with E-state index < -0.39 is 4.92 Å². The molecule has 29 heavy (non-hydrogen) atoms. The number of nitro benzene ring substituents is 1. The van der Waals surface area contributed by atoms with E-state index in [9.17, 15) is 14.9 Å². The molecule has 0 aliphatic rings. The van der Waals surface area contributed by atoms with E-state index in [0.29, 0.717) is 17.5 Å². The second kappa shape index (κ2) is 9.24. The lowest BCUT2D eigenvalue weighted by Crippen LogP contribution is -2.15. The molecule has 1 amide bonds. The molecule has 0 fully saturated rings. The van der Waals surface area contributed by atoms with Crippen molar-refractivity contribution in [3.05, 3.63) is 70.5 Å². The number of amides is 1. The van der Waals surface area contributed by atoms with Gasteiger partial charge >= 0.3 is 0 Å². The Balaban J connectivity index is 1.70. The summed E-state index contributed by atoms with van der Waals surface area (Å²) in [5.74, 6) is 0.0844. The number of hydrogen-bond donors (Lipinski definition) is 1. The highest BCUT2D eigenvalue weighted by Crippen LogP contribution is 2.29. The van der Waals surface area contributed by atoms with Gasteiger partial charge in [-0.3, -0.25) is 19.5 Å². The quantitative estimate of drug-likeness (QED) is 0.338. The standard InChI is InChI=1S/C20H20N4O4S/c1-3-28-15-8-9-16(18(12-15)24(26)27)22-19(25)13-29-20-21-10-11-23(20)17-7-5-4-6-14(17)2/h4-12H,3,13H2,1-2H3,(H,22,25). The van der Waals surface area contributed by atoms with E-state index in [1.165, 1.54) is 23.9 Å². The largest absolute Gasteiger partial charge is 0.494 e. The minimum Gasteiger partial charge on any atom is -0.494 e. The monoisotopic (exact) mass is 412 g/mol. The summed E-state index contributed by atoms with van der Waals surface area (Å²) in [6.07, 6.45) is 3.50. The molecule has 0 bridgehead atoms. The molecule has 3 aromatic rings. The molecule has 0 saturated carbocycles. The number of carbonyl (C=O) groups excluding carboxylic acids is 1. The van der Waals surface area contributed by atoms with E-state index in [1.54, 1.807) is 19.2 Å². The van der Waals surface area contributed by atoms with Gasteiger partial charge in [-0.1, -0.05) is 30.0 Å². The van der Waals surface area contributed by atoms with Crippen LogP contribution in [0.1, 0.15) is 12.5 Å². The van der Waals surface area contributed by atoms with Gasteiger partial charge in [0.25, 0.3) is 5.69 Å². The predicted octanol–water partition coefficient (Wildman–Crippen LogP) is 4.22. The Bertz CT molecular complexity index is 1030. The van der Waals surface area contributed by atoms with Gasteiger partial charge in [0.15, 0.2) is 5.16 Å². The number of hydrogen-bond acceptors (Lipinski definition) is 6. The molecule has 0 spiro atoms. The zero-order valence-corrected chi connectivity index (χ0v) is 16.8. The lowest BCUT2D eigenvalue weighted by atomic mass is 10.2. The molecule has 9 heteroatoms. The van der Waals surface area contributed by atoms with E-state index in [4.69, 9.17) is 4.74 Å². The number of aromatic nitrogens is 2. The third-order valence-electron chi connectivity index (χ3n) is 4.07. The molecule has 0 radical (unpaired) electrons. The molecule has 0 aliphatic carbocycles. The molecule has 0 aliphatic heterocycles. The van der Waals surface area contributed by atoms with Gasteiger partial charge in [0.1, 0.15) is 11.4 Å². The predicted molar refractivity (Wildman–Crippen MR) is 112 cm³/mol. The number of nitrogens with zero attached hydrogens (tertiary/aromatic N) is 3. The van der Waals surface area contributed by atoms with Crippen LogP contribution in [0.2, 0.25) is 0 Å². The van der Waals surface area contributed by atoms with Crippen LogP contribution in [0, 0.1) is 17.0 Å². The summed E-state index contributed by atoms with van der Waals surface area (Å²) in [4.78, 5) is 27.5. The molecule has 0 unspecified atom stereocenters. The molecular weight excluding hydrogens is 392 g/mol. The van der Waals surface area contributed by atoms with E-state index in [0.717, 1.165) is 11.3 Å². The summed E-state index contributed by atoms with van der Waals surface area (Å²) in [6.45, 7) is 4.19. The van der Waals surface area contributed by atoms with Crippen LogP contribution in [0.4, 0.5) is 11.4 Å². The maximum Gasteiger partial charge on any atom is 0.296 e. The minimum absolute atomic E-state index is 0.0628. The first-order chi connectivity index (χ1) is 14.0. The molecule has 2 aromatic carbocycles. The summed E-state index contributed by atoms with van der Waals surface area (Å²) in [7, 11) is 0. The molecule has 0 saturated heterocycles. The van der Waals surface area contributed by atoms with Gasteiger partial charge in [-0.05, 0) is 37.6 Å². The normalized spacial score (nSPS) is 10.6. The summed E-state index contributed by atoms with van der Waals surface area (Å²) in [5, 5.41) is 14.6. The molecule has 1 aromatic heterocycles. The average Bonchev–Trinajstić information content (AvgIpc) is 3.16. The number of imidazole rings is 1. The van der Waals surface area contributed by atoms with Gasteiger partial charge in [0.05, 0.1) is 29.0 Å². The van der Waals surface area contributed by atoms with Crippen molar-refractivity contribution in [1.29, 1.82) is 0 Å². The third-order valence-corrected chi connectivity index (χ3v) is 5.03. The highest BCUT2D eigenvalue weighted by Gasteiger charge is 2.18. The minimum atomic E-state index is -0.545. The van der Waals surface area contributed by atoms with Crippen LogP contribution in [0.3, 0.4) is 0 Å². The molecule has 3 rings (SSSR count). The zero-order chi connectivity index (χ0) is 20.8. The second-order valence-electron chi connectivity index (χ2n) is 6.07. The number of anilines is 1. The Morgan fingerprint density at radius 3 is 2.83 bits per heavy atom. The highest BCUT2D eigenvalue weighted by atomic mass is 32.2. The van der Waals surface area contributed by atoms with Crippen LogP contribution >= 0.6 is 11.8 Å². The van der Waals surface area contributed by atoms with Crippen molar-refractivity contribution < 1.29 is 14.5 Å². The first kappa shape index (κ1) is 20.4. The van der Waals surface area contributed by atoms with Crippen LogP contribution in [-0.2, 0) is 4.79 Å². The first-order valence-corrected chi connectivity index (χ1v) is 9.91. The van der Waals surface area contributed by atoms with Gasteiger partial charge in [-0.2, -0.15) is 0 Å². The van der Waals surface area contributed by atoms with Crippen molar-refractivity contribution in [2.45, 2.75) is 19.0 Å². The van der Waals surface area contributed by atoms with Crippen LogP contribution in [-0.4, -0.2) is 32.7 Å². The van der Waals surface area contributed by atoms with Crippen molar-refractivity contribution >= 4 is 29.0 Å². The van der Waals surface area contributed by atoms with Gasteiger partial charge in [0, 0.05) is 12.4 Å². The van der Waals surface area contributed by atoms with Gasteiger partial charge in [-0.25, -0.2) is 4.98 Å². The Morgan fingerprint density at radius 1 is 1.31 bits per heavy atom. The number of aryl methyl sites for hydroxylation is 1. The maximum atomic E-state index is 12.4. The number of nitro groups is 1. The second-order valence-corrected chi connectivity index (χ2v) is 7.01. The number of para-hydroxylation sites is 1. The molecule has 150 valence electrons. The van der Waals surface area contributed by atoms with Crippen molar-refractivity contribution in [2.24, 2.45) is 0 Å². The van der Waals surface area contributed by atoms with Crippen molar-refractivity contribution in [3.63, 3.8) is 0 Å². The van der Waals surface area contributed by atoms with E-state index in [1.807, 2.05) is 42.0 Å². The summed E-state index contributed by atoms with van der Waals surface area (Å²) in [6, 6.07) is 12.2. The summed E-state index contributed by atoms with van der Waals surface area (Å²) in [5.41, 5.74) is 1.99. The van der Waals surface area contributed by atoms with Crippen molar-refractivity contribution in [2.75, 3.05) is 17.7 Å². The Hall–Kier alpha value is -3.33. The fourth-order valence-electron chi connectivity index (χ4n) is 2.75. The zero-order valence-electron chi connectivity index (χ0n) is 16.0. The smallest absolute Gasteiger partial charge is 0.296 e. The maximum absolute atomic E-state index is 12.4. The lowest BCUT2D eigenvalue weighted by Gasteiger charge is -2.11. The fraction of sp³-hybridized carbons (Fsp3) is 0.200. The van der Waals surface area contributed by atoms with Crippen molar-refractivity contribution in [3.8, 4) is 11.4 Å². The molecule has 0 atom stereocenters. The number of benzene rings is 2. The van der Waals surface area contributed by atoms with Gasteiger partial charge < -0.3 is 10.1 Å². The van der Waals surface area contributed by atoms with Crippen LogP contribution in [0.5, 0.6) is 5.75 Å². The highest BCUT2D eigenvalue weighted by molar-refractivity contribution is 7.99. The van der Waals surface area contributed by atoms with Crippen LogP contribution < -0.4 is 10.1 Å². The van der Waals surface area contributed by atoms with Gasteiger partial charge in [0.2, 0.25) is 5.91 Å². The Morgan fingerprint density at radius 2 is 2.10 bits per heavy atom. The van der Waals surface area contributed by atoms with Crippen LogP contribution in [0.15, 0.2) is 60.0 Å². The van der Waals surface area contributed by atoms with E-state index in [-0.39, 0.29) is 23.0 Å². The van der Waals surface area contributed by atoms with E-state index in [2.05, 4.69) is 10.3 Å². The number of ether oxygens (including phenoxy) is 1. The average molecular weight is 412 g/mol. The SMILES string of the molecule is CCOc1ccc(NC(=O)CSc2nccn2-c2ccccc2C)c([N+](=O)[O-])c1. The van der Waals surface area contributed by atoms with Crippen LogP contribution in [0.25, 0.3) is 5.69 Å². The van der Waals surface area contributed by atoms with E-state index >= 15 is 0 Å². The number of thioether (sulfide) groups is 1. The number of rotatable bonds is 8. The Labute approximate surface area is 172 Å². The molecular formula is C20H20N4O4S. The summed E-state index contributed by atoms with van der Waals surface area (Å²) < 4.78 is 7.20. The molecule has 1 heterocycles. The van der Waals surface area contributed by atoms with Crippen molar-refractivity contribution in [1.82, 2.24) is 9.55 Å². The third kappa shape index (κ3) is 4.94. The first-order valence-electron chi connectivity index (χ1n) is 8.93. The summed E-state index contributed by atoms with van der Waals surface area (Å²) >= 11 is 1.26. The Kier molecular flexibility index (Phi) is 6.50. The number of nitrogens with one attached hydrogen (secondary N) is 1. The molecule has 8 nitrogen and oxygen atoms in total. The number of carbonyl (C=O) groups is 1.